The molecule has 4 heterocycles. The topological polar surface area (TPSA) is 90.5 Å². The molecule has 11 heteroatoms. The van der Waals surface area contributed by atoms with E-state index in [4.69, 9.17) is 0 Å². The maximum atomic E-state index is 12.8. The smallest absolute Gasteiger partial charge is 0.341 e. The minimum Gasteiger partial charge on any atom is -0.341 e. The van der Waals surface area contributed by atoms with Crippen LogP contribution in [0.25, 0.3) is 11.3 Å². The normalized spacial score (nSPS) is 18.3. The van der Waals surface area contributed by atoms with E-state index in [9.17, 15) is 18.0 Å². The van der Waals surface area contributed by atoms with Crippen molar-refractivity contribution >= 4 is 5.91 Å². The van der Waals surface area contributed by atoms with Crippen LogP contribution < -0.4 is 5.32 Å². The van der Waals surface area contributed by atoms with E-state index >= 15 is 0 Å². The molecule has 2 aliphatic rings. The zero-order chi connectivity index (χ0) is 21.9. The average Bonchev–Trinajstić information content (AvgIpc) is 3.18. The molecule has 0 saturated heterocycles. The Morgan fingerprint density at radius 2 is 1.97 bits per heavy atom. The summed E-state index contributed by atoms with van der Waals surface area (Å²) in [5.41, 5.74) is 4.70. The van der Waals surface area contributed by atoms with Crippen molar-refractivity contribution in [2.75, 3.05) is 0 Å². The van der Waals surface area contributed by atoms with Gasteiger partial charge in [-0.2, -0.15) is 23.3 Å². The predicted octanol–water partition coefficient (Wildman–Crippen LogP) is 3.15. The number of nitrogens with zero attached hydrogens (tertiary/aromatic N) is 6. The molecule has 0 radical (unpaired) electrons. The molecule has 1 atom stereocenters. The Morgan fingerprint density at radius 1 is 1.19 bits per heavy atom. The van der Waals surface area contributed by atoms with E-state index in [1.54, 1.807) is 0 Å². The number of carbonyl (C=O) groups is 1. The predicted molar refractivity (Wildman–Crippen MR) is 103 cm³/mol. The lowest BCUT2D eigenvalue weighted by Crippen LogP contribution is -2.29. The van der Waals surface area contributed by atoms with Crippen LogP contribution in [0.1, 0.15) is 64.6 Å². The van der Waals surface area contributed by atoms with Crippen molar-refractivity contribution in [2.24, 2.45) is 7.05 Å². The quantitative estimate of drug-likeness (QED) is 0.685. The SMILES string of the molecule is Cc1cnc(C2CC2)cc1-c1cc2n(n1)CC[C@@H]2NC(=O)c1nc(C(F)(F)F)nn1C. The number of hydrogen-bond donors (Lipinski definition) is 1. The summed E-state index contributed by atoms with van der Waals surface area (Å²) in [4.78, 5) is 20.5. The van der Waals surface area contributed by atoms with Crippen LogP contribution in [0.5, 0.6) is 0 Å². The molecule has 1 aliphatic carbocycles. The Morgan fingerprint density at radius 3 is 2.65 bits per heavy atom. The molecular formula is C20H20F3N7O. The minimum atomic E-state index is -4.71. The maximum Gasteiger partial charge on any atom is 0.453 e. The standard InChI is InChI=1S/C20H20F3N7O/c1-10-9-24-14(11-3-4-11)7-12(10)15-8-16-13(5-6-30(16)27-15)25-18(31)17-26-19(20(21,22)23)28-29(17)2/h7-9,11,13H,3-6H2,1-2H3,(H,25,31)/t13-/m0/s1. The van der Waals surface area contributed by atoms with Gasteiger partial charge in [-0.3, -0.25) is 14.5 Å². The molecule has 31 heavy (non-hydrogen) atoms. The number of amides is 1. The second-order valence-electron chi connectivity index (χ2n) is 8.07. The number of fused-ring (bicyclic) bond motifs is 1. The molecule has 1 aliphatic heterocycles. The molecule has 1 fully saturated rings. The number of rotatable bonds is 4. The van der Waals surface area contributed by atoms with Crippen molar-refractivity contribution < 1.29 is 18.0 Å². The molecule has 3 aromatic heterocycles. The second-order valence-corrected chi connectivity index (χ2v) is 8.07. The average molecular weight is 431 g/mol. The van der Waals surface area contributed by atoms with Crippen LogP contribution >= 0.6 is 0 Å². The molecule has 0 unspecified atom stereocenters. The molecule has 3 aromatic rings. The van der Waals surface area contributed by atoms with Gasteiger partial charge in [0.2, 0.25) is 5.82 Å². The lowest BCUT2D eigenvalue weighted by atomic mass is 10.0. The van der Waals surface area contributed by atoms with Gasteiger partial charge in [-0.05, 0) is 43.9 Å². The molecule has 5 rings (SSSR count). The molecular weight excluding hydrogens is 411 g/mol. The number of halogens is 3. The number of aromatic nitrogens is 6. The number of nitrogens with one attached hydrogen (secondary N) is 1. The van der Waals surface area contributed by atoms with Gasteiger partial charge in [-0.1, -0.05) is 0 Å². The van der Waals surface area contributed by atoms with Crippen molar-refractivity contribution in [3.05, 3.63) is 46.9 Å². The number of aryl methyl sites for hydroxylation is 3. The van der Waals surface area contributed by atoms with E-state index in [2.05, 4.69) is 31.5 Å². The molecule has 1 N–H and O–H groups in total. The van der Waals surface area contributed by atoms with Gasteiger partial charge < -0.3 is 5.32 Å². The summed E-state index contributed by atoms with van der Waals surface area (Å²) in [5.74, 6) is -1.90. The Bertz CT molecular complexity index is 1180. The van der Waals surface area contributed by atoms with Gasteiger partial charge in [0.1, 0.15) is 0 Å². The highest BCUT2D eigenvalue weighted by Crippen LogP contribution is 2.41. The number of alkyl halides is 3. The second kappa shape index (κ2) is 6.89. The van der Waals surface area contributed by atoms with Crippen molar-refractivity contribution in [1.82, 2.24) is 34.8 Å². The van der Waals surface area contributed by atoms with E-state index in [1.165, 1.54) is 7.05 Å². The summed E-state index contributed by atoms with van der Waals surface area (Å²) in [7, 11) is 1.26. The first-order chi connectivity index (χ1) is 14.7. The number of hydrogen-bond acceptors (Lipinski definition) is 5. The van der Waals surface area contributed by atoms with Crippen LogP contribution in [0.3, 0.4) is 0 Å². The van der Waals surface area contributed by atoms with E-state index < -0.39 is 17.9 Å². The van der Waals surface area contributed by atoms with E-state index in [1.807, 2.05) is 23.9 Å². The lowest BCUT2D eigenvalue weighted by Gasteiger charge is -2.11. The van der Waals surface area contributed by atoms with Gasteiger partial charge >= 0.3 is 6.18 Å². The maximum absolute atomic E-state index is 12.8. The summed E-state index contributed by atoms with van der Waals surface area (Å²) < 4.78 is 41.2. The number of carbonyl (C=O) groups excluding carboxylic acids is 1. The fourth-order valence-electron chi connectivity index (χ4n) is 3.91. The fourth-order valence-corrected chi connectivity index (χ4v) is 3.91. The number of pyridine rings is 1. The van der Waals surface area contributed by atoms with Gasteiger partial charge in [-0.25, -0.2) is 4.68 Å². The van der Waals surface area contributed by atoms with E-state index in [0.29, 0.717) is 18.9 Å². The first kappa shape index (κ1) is 19.7. The van der Waals surface area contributed by atoms with Crippen LogP contribution in [0.4, 0.5) is 13.2 Å². The third-order valence-electron chi connectivity index (χ3n) is 5.72. The molecule has 1 amide bonds. The molecule has 0 bridgehead atoms. The van der Waals surface area contributed by atoms with E-state index in [-0.39, 0.29) is 11.9 Å². The summed E-state index contributed by atoms with van der Waals surface area (Å²) in [5, 5.41) is 10.8. The van der Waals surface area contributed by atoms with Gasteiger partial charge in [0.05, 0.1) is 17.4 Å². The summed E-state index contributed by atoms with van der Waals surface area (Å²) in [6.45, 7) is 2.58. The van der Waals surface area contributed by atoms with Gasteiger partial charge in [0.15, 0.2) is 0 Å². The first-order valence-corrected chi connectivity index (χ1v) is 10.0. The van der Waals surface area contributed by atoms with Gasteiger partial charge in [0.25, 0.3) is 11.7 Å². The minimum absolute atomic E-state index is 0.371. The van der Waals surface area contributed by atoms with Gasteiger partial charge in [-0.15, -0.1) is 5.10 Å². The molecule has 162 valence electrons. The van der Waals surface area contributed by atoms with Crippen LogP contribution in [0, 0.1) is 6.92 Å². The van der Waals surface area contributed by atoms with Crippen molar-refractivity contribution in [3.8, 4) is 11.3 Å². The van der Waals surface area contributed by atoms with Gasteiger partial charge in [0, 0.05) is 37.0 Å². The molecule has 0 aromatic carbocycles. The van der Waals surface area contributed by atoms with Crippen molar-refractivity contribution in [3.63, 3.8) is 0 Å². The van der Waals surface area contributed by atoms with Crippen LogP contribution in [0.2, 0.25) is 0 Å². The highest BCUT2D eigenvalue weighted by atomic mass is 19.4. The highest BCUT2D eigenvalue weighted by molar-refractivity contribution is 5.91. The monoisotopic (exact) mass is 431 g/mol. The third-order valence-corrected chi connectivity index (χ3v) is 5.72. The molecule has 8 nitrogen and oxygen atoms in total. The summed E-state index contributed by atoms with van der Waals surface area (Å²) >= 11 is 0. The zero-order valence-corrected chi connectivity index (χ0v) is 16.9. The third kappa shape index (κ3) is 3.57. The highest BCUT2D eigenvalue weighted by Gasteiger charge is 2.38. The Labute approximate surface area is 175 Å². The first-order valence-electron chi connectivity index (χ1n) is 10.0. The van der Waals surface area contributed by atoms with Crippen molar-refractivity contribution in [2.45, 2.75) is 50.9 Å². The molecule has 0 spiro atoms. The Hall–Kier alpha value is -3.24. The van der Waals surface area contributed by atoms with Crippen LogP contribution in [-0.4, -0.2) is 35.4 Å². The van der Waals surface area contributed by atoms with Crippen LogP contribution in [-0.2, 0) is 19.8 Å². The van der Waals surface area contributed by atoms with E-state index in [0.717, 1.165) is 45.7 Å². The largest absolute Gasteiger partial charge is 0.453 e. The zero-order valence-electron chi connectivity index (χ0n) is 16.9. The Kier molecular flexibility index (Phi) is 4.38. The summed E-state index contributed by atoms with van der Waals surface area (Å²) in [6.07, 6.45) is 0.0572. The fraction of sp³-hybridized carbons (Fsp3) is 0.450. The lowest BCUT2D eigenvalue weighted by molar-refractivity contribution is -0.144. The molecule has 1 saturated carbocycles. The Balaban J connectivity index is 1.38. The van der Waals surface area contributed by atoms with Crippen molar-refractivity contribution in [1.29, 1.82) is 0 Å². The van der Waals surface area contributed by atoms with Crippen LogP contribution in [0.15, 0.2) is 18.3 Å². The summed E-state index contributed by atoms with van der Waals surface area (Å²) in [6, 6.07) is 3.64.